The van der Waals surface area contributed by atoms with Gasteiger partial charge in [0.2, 0.25) is 0 Å². The van der Waals surface area contributed by atoms with Crippen LogP contribution in [0, 0.1) is 0 Å². The summed E-state index contributed by atoms with van der Waals surface area (Å²) in [5.41, 5.74) is 0.967. The summed E-state index contributed by atoms with van der Waals surface area (Å²) in [6.07, 6.45) is 2.35. The summed E-state index contributed by atoms with van der Waals surface area (Å²) in [5.74, 6) is 0.275. The highest BCUT2D eigenvalue weighted by molar-refractivity contribution is 5.77. The van der Waals surface area contributed by atoms with Crippen LogP contribution in [0.5, 0.6) is 5.75 Å². The Morgan fingerprint density at radius 3 is 3.17 bits per heavy atom. The van der Waals surface area contributed by atoms with Crippen molar-refractivity contribution in [2.24, 2.45) is 0 Å². The zero-order chi connectivity index (χ0) is 12.8. The van der Waals surface area contributed by atoms with Crippen LogP contribution in [0.25, 0.3) is 0 Å². The largest absolute Gasteiger partial charge is 0.425 e. The molecule has 2 rings (SSSR count). The first-order valence-corrected chi connectivity index (χ1v) is 6.47. The number of hydrogen-bond donors (Lipinski definition) is 1. The SMILES string of the molecule is CCCNc1cccc(OC(=O)C2CCCO2)c1. The highest BCUT2D eigenvalue weighted by Gasteiger charge is 2.25. The Morgan fingerprint density at radius 2 is 2.44 bits per heavy atom. The van der Waals surface area contributed by atoms with Gasteiger partial charge in [-0.2, -0.15) is 0 Å². The summed E-state index contributed by atoms with van der Waals surface area (Å²) in [6.45, 7) is 3.66. The average Bonchev–Trinajstić information content (AvgIpc) is 2.91. The van der Waals surface area contributed by atoms with E-state index < -0.39 is 6.10 Å². The first kappa shape index (κ1) is 12.9. The second-order valence-corrected chi connectivity index (χ2v) is 4.38. The Balaban J connectivity index is 1.93. The normalized spacial score (nSPS) is 18.6. The third kappa shape index (κ3) is 3.47. The second-order valence-electron chi connectivity index (χ2n) is 4.38. The van der Waals surface area contributed by atoms with Crippen molar-refractivity contribution in [3.8, 4) is 5.75 Å². The Bertz CT molecular complexity index is 400. The van der Waals surface area contributed by atoms with E-state index in [0.717, 1.165) is 31.5 Å². The Labute approximate surface area is 107 Å². The maximum absolute atomic E-state index is 11.8. The first-order valence-electron chi connectivity index (χ1n) is 6.47. The first-order chi connectivity index (χ1) is 8.79. The molecule has 1 atom stereocenters. The van der Waals surface area contributed by atoms with Gasteiger partial charge in [-0.3, -0.25) is 0 Å². The van der Waals surface area contributed by atoms with Crippen LogP contribution in [0.2, 0.25) is 0 Å². The minimum atomic E-state index is -0.391. The lowest BCUT2D eigenvalue weighted by Gasteiger charge is -2.11. The van der Waals surface area contributed by atoms with Gasteiger partial charge in [0.05, 0.1) is 0 Å². The molecule has 0 aliphatic carbocycles. The summed E-state index contributed by atoms with van der Waals surface area (Å²) >= 11 is 0. The standard InChI is InChI=1S/C14H19NO3/c1-2-8-15-11-5-3-6-12(10-11)18-14(16)13-7-4-9-17-13/h3,5-6,10,13,15H,2,4,7-9H2,1H3. The topological polar surface area (TPSA) is 47.6 Å². The van der Waals surface area contributed by atoms with E-state index in [-0.39, 0.29) is 5.97 Å². The monoisotopic (exact) mass is 249 g/mol. The van der Waals surface area contributed by atoms with Gasteiger partial charge in [-0.15, -0.1) is 0 Å². The fourth-order valence-electron chi connectivity index (χ4n) is 1.88. The van der Waals surface area contributed by atoms with Crippen molar-refractivity contribution in [1.29, 1.82) is 0 Å². The zero-order valence-corrected chi connectivity index (χ0v) is 10.6. The molecule has 4 nitrogen and oxygen atoms in total. The van der Waals surface area contributed by atoms with Gasteiger partial charge in [0, 0.05) is 24.9 Å². The van der Waals surface area contributed by atoms with Crippen LogP contribution in [-0.4, -0.2) is 25.2 Å². The molecule has 0 aromatic heterocycles. The quantitative estimate of drug-likeness (QED) is 0.643. The molecule has 1 aromatic rings. The third-order valence-corrected chi connectivity index (χ3v) is 2.82. The molecule has 0 spiro atoms. The van der Waals surface area contributed by atoms with E-state index in [1.807, 2.05) is 18.2 Å². The smallest absolute Gasteiger partial charge is 0.340 e. The van der Waals surface area contributed by atoms with E-state index in [2.05, 4.69) is 12.2 Å². The van der Waals surface area contributed by atoms with Crippen LogP contribution in [0.1, 0.15) is 26.2 Å². The van der Waals surface area contributed by atoms with E-state index in [0.29, 0.717) is 12.4 Å². The van der Waals surface area contributed by atoms with Crippen molar-refractivity contribution in [1.82, 2.24) is 0 Å². The Kier molecular flexibility index (Phi) is 4.59. The molecule has 1 heterocycles. The number of ether oxygens (including phenoxy) is 2. The van der Waals surface area contributed by atoms with Crippen molar-refractivity contribution in [2.75, 3.05) is 18.5 Å². The molecule has 18 heavy (non-hydrogen) atoms. The third-order valence-electron chi connectivity index (χ3n) is 2.82. The summed E-state index contributed by atoms with van der Waals surface area (Å²) in [7, 11) is 0. The number of benzene rings is 1. The molecular weight excluding hydrogens is 230 g/mol. The zero-order valence-electron chi connectivity index (χ0n) is 10.6. The lowest BCUT2D eigenvalue weighted by atomic mass is 10.2. The van der Waals surface area contributed by atoms with Crippen LogP contribution in [0.15, 0.2) is 24.3 Å². The van der Waals surface area contributed by atoms with Crippen LogP contribution in [0.4, 0.5) is 5.69 Å². The molecule has 4 heteroatoms. The number of esters is 1. The molecule has 0 amide bonds. The fourth-order valence-corrected chi connectivity index (χ4v) is 1.88. The van der Waals surface area contributed by atoms with Gasteiger partial charge in [-0.25, -0.2) is 4.79 Å². The maximum Gasteiger partial charge on any atom is 0.340 e. The fraction of sp³-hybridized carbons (Fsp3) is 0.500. The molecule has 1 fully saturated rings. The lowest BCUT2D eigenvalue weighted by molar-refractivity contribution is -0.144. The number of hydrogen-bond acceptors (Lipinski definition) is 4. The van der Waals surface area contributed by atoms with Crippen molar-refractivity contribution in [2.45, 2.75) is 32.3 Å². The molecule has 1 saturated heterocycles. The minimum absolute atomic E-state index is 0.292. The van der Waals surface area contributed by atoms with E-state index >= 15 is 0 Å². The Morgan fingerprint density at radius 1 is 1.56 bits per heavy atom. The van der Waals surface area contributed by atoms with Crippen LogP contribution < -0.4 is 10.1 Å². The van der Waals surface area contributed by atoms with E-state index in [1.165, 1.54) is 0 Å². The summed E-state index contributed by atoms with van der Waals surface area (Å²) < 4.78 is 10.6. The number of carbonyl (C=O) groups excluding carboxylic acids is 1. The van der Waals surface area contributed by atoms with Gasteiger partial charge in [0.15, 0.2) is 6.10 Å². The molecule has 0 bridgehead atoms. The summed E-state index contributed by atoms with van der Waals surface area (Å²) in [6, 6.07) is 7.45. The van der Waals surface area contributed by atoms with Crippen molar-refractivity contribution in [3.05, 3.63) is 24.3 Å². The lowest BCUT2D eigenvalue weighted by Crippen LogP contribution is -2.24. The van der Waals surface area contributed by atoms with Gasteiger partial charge in [0.1, 0.15) is 5.75 Å². The predicted molar refractivity (Wildman–Crippen MR) is 69.8 cm³/mol. The maximum atomic E-state index is 11.8. The van der Waals surface area contributed by atoms with E-state index in [1.54, 1.807) is 6.07 Å². The van der Waals surface area contributed by atoms with Gasteiger partial charge >= 0.3 is 5.97 Å². The van der Waals surface area contributed by atoms with Crippen LogP contribution >= 0.6 is 0 Å². The number of carbonyl (C=O) groups is 1. The molecule has 0 saturated carbocycles. The molecule has 1 aromatic carbocycles. The predicted octanol–water partition coefficient (Wildman–Crippen LogP) is 2.59. The highest BCUT2D eigenvalue weighted by Crippen LogP contribution is 2.20. The second kappa shape index (κ2) is 6.40. The van der Waals surface area contributed by atoms with Crippen molar-refractivity contribution < 1.29 is 14.3 Å². The van der Waals surface area contributed by atoms with Crippen molar-refractivity contribution in [3.63, 3.8) is 0 Å². The molecule has 1 aliphatic rings. The van der Waals surface area contributed by atoms with Gasteiger partial charge in [-0.1, -0.05) is 13.0 Å². The molecule has 0 radical (unpaired) electrons. The number of anilines is 1. The summed E-state index contributed by atoms with van der Waals surface area (Å²) in [5, 5.41) is 3.25. The molecule has 98 valence electrons. The van der Waals surface area contributed by atoms with Crippen LogP contribution in [-0.2, 0) is 9.53 Å². The molecule has 1 N–H and O–H groups in total. The molecule has 1 unspecified atom stereocenters. The van der Waals surface area contributed by atoms with Gasteiger partial charge < -0.3 is 14.8 Å². The molecular formula is C14H19NO3. The van der Waals surface area contributed by atoms with Gasteiger partial charge in [-0.05, 0) is 31.4 Å². The number of rotatable bonds is 5. The number of nitrogens with one attached hydrogen (secondary N) is 1. The van der Waals surface area contributed by atoms with Crippen molar-refractivity contribution >= 4 is 11.7 Å². The average molecular weight is 249 g/mol. The minimum Gasteiger partial charge on any atom is -0.425 e. The Hall–Kier alpha value is -1.55. The van der Waals surface area contributed by atoms with Gasteiger partial charge in [0.25, 0.3) is 0 Å². The highest BCUT2D eigenvalue weighted by atomic mass is 16.6. The van der Waals surface area contributed by atoms with E-state index in [9.17, 15) is 4.79 Å². The van der Waals surface area contributed by atoms with Crippen LogP contribution in [0.3, 0.4) is 0 Å². The summed E-state index contributed by atoms with van der Waals surface area (Å²) in [4.78, 5) is 11.8. The van der Waals surface area contributed by atoms with E-state index in [4.69, 9.17) is 9.47 Å². The molecule has 1 aliphatic heterocycles.